The molecule has 0 spiro atoms. The summed E-state index contributed by atoms with van der Waals surface area (Å²) in [6.45, 7) is 2.05. The Morgan fingerprint density at radius 1 is 1.21 bits per heavy atom. The van der Waals surface area contributed by atoms with Crippen molar-refractivity contribution in [2.24, 2.45) is 0 Å². The molecule has 3 nitrogen and oxygen atoms in total. The Kier molecular flexibility index (Phi) is 3.93. The van der Waals surface area contributed by atoms with Gasteiger partial charge in [0.2, 0.25) is 11.6 Å². The van der Waals surface area contributed by atoms with Gasteiger partial charge in [-0.05, 0) is 26.8 Å². The maximum atomic E-state index is 13.3. The fourth-order valence-corrected chi connectivity index (χ4v) is 1.88. The smallest absolute Gasteiger partial charge is 0.253 e. The number of hydrogen-bond donors (Lipinski definition) is 1. The number of hydrogen-bond acceptors (Lipinski definition) is 3. The van der Waals surface area contributed by atoms with E-state index in [4.69, 9.17) is 0 Å². The summed E-state index contributed by atoms with van der Waals surface area (Å²) in [6, 6.07) is 0.475. The summed E-state index contributed by atoms with van der Waals surface area (Å²) in [5.41, 5.74) is -0.805. The highest BCUT2D eigenvalue weighted by molar-refractivity contribution is 5.45. The van der Waals surface area contributed by atoms with Gasteiger partial charge < -0.3 is 5.32 Å². The fourth-order valence-electron chi connectivity index (χ4n) is 1.88. The minimum atomic E-state index is -1.65. The number of pyridine rings is 1. The molecule has 0 radical (unpaired) electrons. The first-order chi connectivity index (χ1) is 8.91. The summed E-state index contributed by atoms with van der Waals surface area (Å²) in [7, 11) is 1.91. The second-order valence-corrected chi connectivity index (χ2v) is 4.82. The van der Waals surface area contributed by atoms with Gasteiger partial charge in [0, 0.05) is 18.6 Å². The van der Waals surface area contributed by atoms with Gasteiger partial charge in [0.15, 0.2) is 0 Å². The molecular formula is C12H15F4N3. The molecule has 7 heteroatoms. The van der Waals surface area contributed by atoms with E-state index in [1.807, 2.05) is 14.0 Å². The van der Waals surface area contributed by atoms with Crippen molar-refractivity contribution < 1.29 is 17.6 Å². The van der Waals surface area contributed by atoms with Crippen molar-refractivity contribution >= 4 is 5.69 Å². The third kappa shape index (κ3) is 2.97. The maximum Gasteiger partial charge on any atom is 0.253 e. The quantitative estimate of drug-likeness (QED) is 0.662. The zero-order chi connectivity index (χ0) is 14.2. The molecule has 1 fully saturated rings. The Labute approximate surface area is 108 Å². The second kappa shape index (κ2) is 5.32. The van der Waals surface area contributed by atoms with E-state index in [0.29, 0.717) is 6.04 Å². The standard InChI is InChI=1S/C12H15F4N3/c1-6(19(2)7-3-4-7)5-17-10-8(13)11(15)18-12(16)9(10)14/h6-7H,3-5H2,1-2H3,(H,17,18)/t6-/m0/s1. The van der Waals surface area contributed by atoms with E-state index >= 15 is 0 Å². The topological polar surface area (TPSA) is 28.2 Å². The summed E-state index contributed by atoms with van der Waals surface area (Å²) in [5.74, 6) is -6.30. The van der Waals surface area contributed by atoms with Crippen molar-refractivity contribution in [2.45, 2.75) is 31.8 Å². The zero-order valence-corrected chi connectivity index (χ0v) is 10.7. The minimum absolute atomic E-state index is 0.00872. The van der Waals surface area contributed by atoms with Gasteiger partial charge in [0.05, 0.1) is 0 Å². The van der Waals surface area contributed by atoms with Crippen molar-refractivity contribution in [2.75, 3.05) is 18.9 Å². The van der Waals surface area contributed by atoms with Gasteiger partial charge in [0.1, 0.15) is 5.69 Å². The van der Waals surface area contributed by atoms with Crippen LogP contribution in [0.1, 0.15) is 19.8 Å². The lowest BCUT2D eigenvalue weighted by Crippen LogP contribution is -2.36. The summed E-state index contributed by atoms with van der Waals surface area (Å²) < 4.78 is 52.5. The lowest BCUT2D eigenvalue weighted by Gasteiger charge is -2.25. The molecular weight excluding hydrogens is 262 g/mol. The summed E-state index contributed by atoms with van der Waals surface area (Å²) in [6.07, 6.45) is 2.20. The molecule has 0 aliphatic heterocycles. The largest absolute Gasteiger partial charge is 0.378 e. The predicted molar refractivity (Wildman–Crippen MR) is 62.8 cm³/mol. The van der Waals surface area contributed by atoms with Gasteiger partial charge in [-0.1, -0.05) is 0 Å². The van der Waals surface area contributed by atoms with E-state index in [0.717, 1.165) is 12.8 Å². The normalized spacial score (nSPS) is 16.8. The molecule has 1 N–H and O–H groups in total. The number of aromatic nitrogens is 1. The summed E-state index contributed by atoms with van der Waals surface area (Å²) >= 11 is 0. The number of likely N-dealkylation sites (N-methyl/N-ethyl adjacent to an activating group) is 1. The lowest BCUT2D eigenvalue weighted by atomic mass is 10.2. The summed E-state index contributed by atoms with van der Waals surface area (Å²) in [4.78, 5) is 4.57. The molecule has 106 valence electrons. The molecule has 1 aliphatic carbocycles. The molecule has 1 aromatic rings. The van der Waals surface area contributed by atoms with Gasteiger partial charge >= 0.3 is 0 Å². The van der Waals surface area contributed by atoms with Crippen LogP contribution in [0.15, 0.2) is 0 Å². The van der Waals surface area contributed by atoms with Gasteiger partial charge in [-0.3, -0.25) is 4.90 Å². The second-order valence-electron chi connectivity index (χ2n) is 4.82. The maximum absolute atomic E-state index is 13.3. The molecule has 0 amide bonds. The van der Waals surface area contributed by atoms with Crippen molar-refractivity contribution in [3.05, 3.63) is 23.5 Å². The van der Waals surface area contributed by atoms with E-state index in [9.17, 15) is 17.6 Å². The average molecular weight is 277 g/mol. The van der Waals surface area contributed by atoms with E-state index in [-0.39, 0.29) is 12.6 Å². The van der Waals surface area contributed by atoms with Crippen LogP contribution in [0.5, 0.6) is 0 Å². The van der Waals surface area contributed by atoms with Crippen molar-refractivity contribution in [3.63, 3.8) is 0 Å². The van der Waals surface area contributed by atoms with Crippen molar-refractivity contribution in [1.82, 2.24) is 9.88 Å². The SMILES string of the molecule is C[C@@H](CNc1c(F)c(F)nc(F)c1F)N(C)C1CC1. The van der Waals surface area contributed by atoms with Gasteiger partial charge in [-0.2, -0.15) is 22.5 Å². The van der Waals surface area contributed by atoms with E-state index in [1.165, 1.54) is 0 Å². The molecule has 0 aromatic carbocycles. The summed E-state index contributed by atoms with van der Waals surface area (Å²) in [5, 5.41) is 2.41. The Morgan fingerprint density at radius 2 is 1.74 bits per heavy atom. The van der Waals surface area contributed by atoms with Crippen LogP contribution in [0.25, 0.3) is 0 Å². The Hall–Kier alpha value is -1.37. The van der Waals surface area contributed by atoms with E-state index in [2.05, 4.69) is 15.2 Å². The van der Waals surface area contributed by atoms with E-state index < -0.39 is 29.2 Å². The van der Waals surface area contributed by atoms with E-state index in [1.54, 1.807) is 0 Å². The first-order valence-electron chi connectivity index (χ1n) is 6.07. The van der Waals surface area contributed by atoms with Gasteiger partial charge in [-0.25, -0.2) is 0 Å². The number of anilines is 1. The number of rotatable bonds is 5. The Bertz CT molecular complexity index is 450. The molecule has 1 heterocycles. The Balaban J connectivity index is 2.06. The first-order valence-corrected chi connectivity index (χ1v) is 6.07. The van der Waals surface area contributed by atoms with Crippen LogP contribution in [0.3, 0.4) is 0 Å². The lowest BCUT2D eigenvalue weighted by molar-refractivity contribution is 0.257. The van der Waals surface area contributed by atoms with Crippen LogP contribution in [-0.4, -0.2) is 35.6 Å². The highest BCUT2D eigenvalue weighted by Crippen LogP contribution is 2.27. The first kappa shape index (κ1) is 14.0. The zero-order valence-electron chi connectivity index (χ0n) is 10.7. The van der Waals surface area contributed by atoms with Crippen LogP contribution in [0, 0.1) is 23.5 Å². The molecule has 0 unspecified atom stereocenters. The number of nitrogens with zero attached hydrogens (tertiary/aromatic N) is 2. The Morgan fingerprint density at radius 3 is 2.21 bits per heavy atom. The predicted octanol–water partition coefficient (Wildman–Crippen LogP) is 2.53. The van der Waals surface area contributed by atoms with Gasteiger partial charge in [0.25, 0.3) is 11.9 Å². The number of nitrogens with one attached hydrogen (secondary N) is 1. The van der Waals surface area contributed by atoms with Crippen LogP contribution >= 0.6 is 0 Å². The van der Waals surface area contributed by atoms with Crippen LogP contribution in [0.4, 0.5) is 23.2 Å². The van der Waals surface area contributed by atoms with Crippen molar-refractivity contribution in [1.29, 1.82) is 0 Å². The molecule has 1 saturated carbocycles. The van der Waals surface area contributed by atoms with Crippen LogP contribution < -0.4 is 5.32 Å². The fraction of sp³-hybridized carbons (Fsp3) is 0.583. The highest BCUT2D eigenvalue weighted by Gasteiger charge is 2.29. The van der Waals surface area contributed by atoms with Crippen molar-refractivity contribution in [3.8, 4) is 0 Å². The molecule has 1 aliphatic rings. The average Bonchev–Trinajstić information content (AvgIpc) is 3.19. The van der Waals surface area contributed by atoms with Gasteiger partial charge in [-0.15, -0.1) is 0 Å². The minimum Gasteiger partial charge on any atom is -0.378 e. The monoisotopic (exact) mass is 277 g/mol. The molecule has 19 heavy (non-hydrogen) atoms. The van der Waals surface area contributed by atoms with Crippen LogP contribution in [0.2, 0.25) is 0 Å². The molecule has 1 aromatic heterocycles. The number of halogens is 4. The third-order valence-corrected chi connectivity index (χ3v) is 3.39. The molecule has 1 atom stereocenters. The third-order valence-electron chi connectivity index (χ3n) is 3.39. The molecule has 2 rings (SSSR count). The highest BCUT2D eigenvalue weighted by atomic mass is 19.2. The molecule has 0 bridgehead atoms. The van der Waals surface area contributed by atoms with Crippen LogP contribution in [-0.2, 0) is 0 Å². The molecule has 0 saturated heterocycles.